The van der Waals surface area contributed by atoms with Gasteiger partial charge in [0, 0.05) is 12.4 Å². The van der Waals surface area contributed by atoms with Crippen molar-refractivity contribution in [1.82, 2.24) is 19.7 Å². The van der Waals surface area contributed by atoms with Crippen LogP contribution in [0.5, 0.6) is 0 Å². The van der Waals surface area contributed by atoms with Crippen molar-refractivity contribution in [1.29, 1.82) is 5.26 Å². The number of esters is 1. The summed E-state index contributed by atoms with van der Waals surface area (Å²) in [5, 5.41) is 22.1. The lowest BCUT2D eigenvalue weighted by molar-refractivity contribution is -0.115. The van der Waals surface area contributed by atoms with E-state index in [1.54, 1.807) is 13.8 Å². The minimum absolute atomic E-state index is 0.226. The zero-order valence-electron chi connectivity index (χ0n) is 19.1. The van der Waals surface area contributed by atoms with Gasteiger partial charge < -0.3 is 14.6 Å². The van der Waals surface area contributed by atoms with Gasteiger partial charge in [0.1, 0.15) is 21.5 Å². The zero-order chi connectivity index (χ0) is 24.4. The average molecular weight is 495 g/mol. The molecule has 0 radical (unpaired) electrons. The molecule has 0 fully saturated rings. The molecule has 1 unspecified atom stereocenters. The van der Waals surface area contributed by atoms with E-state index in [1.807, 2.05) is 42.8 Å². The number of nitriles is 1. The Balaban J connectivity index is 1.58. The third kappa shape index (κ3) is 4.22. The maximum atomic E-state index is 13.1. The number of aromatic nitrogens is 4. The molecule has 4 aromatic rings. The number of carbonyl (C=O) groups excluding carboxylic acids is 2. The van der Waals surface area contributed by atoms with Gasteiger partial charge in [0.2, 0.25) is 11.1 Å². The lowest BCUT2D eigenvalue weighted by atomic mass is 10.1. The Hall–Kier alpha value is -3.49. The number of benzene rings is 1. The molecule has 34 heavy (non-hydrogen) atoms. The molecule has 3 aromatic heterocycles. The van der Waals surface area contributed by atoms with Gasteiger partial charge in [0.25, 0.3) is 0 Å². The van der Waals surface area contributed by atoms with Crippen LogP contribution in [0.1, 0.15) is 41.1 Å². The SMILES string of the molecule is CCOC(=O)c1sc(NC(=O)C(CC)Sc2nnc3c4ccccc4n(C)c3n2)c(C#N)c1C. The highest BCUT2D eigenvalue weighted by molar-refractivity contribution is 8.00. The quantitative estimate of drug-likeness (QED) is 0.295. The summed E-state index contributed by atoms with van der Waals surface area (Å²) in [6.45, 7) is 5.49. The molecule has 4 rings (SSSR count). The fraction of sp³-hybridized carbons (Fsp3) is 0.304. The van der Waals surface area contributed by atoms with Crippen molar-refractivity contribution >= 4 is 62.0 Å². The van der Waals surface area contributed by atoms with E-state index in [4.69, 9.17) is 4.74 Å². The highest BCUT2D eigenvalue weighted by atomic mass is 32.2. The maximum Gasteiger partial charge on any atom is 0.348 e. The molecule has 0 saturated heterocycles. The molecular formula is C23H22N6O3S2. The number of carbonyl (C=O) groups is 2. The summed E-state index contributed by atoms with van der Waals surface area (Å²) in [7, 11) is 1.92. The molecule has 3 heterocycles. The van der Waals surface area contributed by atoms with Crippen molar-refractivity contribution in [2.45, 2.75) is 37.6 Å². The lowest BCUT2D eigenvalue weighted by Crippen LogP contribution is -2.24. The number of thioether (sulfide) groups is 1. The molecule has 0 spiro atoms. The van der Waals surface area contributed by atoms with Crippen LogP contribution in [0.25, 0.3) is 22.1 Å². The Morgan fingerprint density at radius 2 is 2.06 bits per heavy atom. The van der Waals surface area contributed by atoms with Gasteiger partial charge in [-0.3, -0.25) is 4.79 Å². The third-order valence-corrected chi connectivity index (χ3v) is 7.76. The number of rotatable bonds is 7. The predicted molar refractivity (Wildman–Crippen MR) is 132 cm³/mol. The number of nitrogens with zero attached hydrogens (tertiary/aromatic N) is 5. The van der Waals surface area contributed by atoms with Crippen molar-refractivity contribution in [3.05, 3.63) is 40.3 Å². The highest BCUT2D eigenvalue weighted by Crippen LogP contribution is 2.34. The van der Waals surface area contributed by atoms with Crippen LogP contribution >= 0.6 is 23.1 Å². The van der Waals surface area contributed by atoms with Crippen LogP contribution in [0.3, 0.4) is 0 Å². The first-order chi connectivity index (χ1) is 16.4. The number of para-hydroxylation sites is 1. The molecule has 0 saturated carbocycles. The molecule has 11 heteroatoms. The van der Waals surface area contributed by atoms with Crippen LogP contribution in [0.2, 0.25) is 0 Å². The van der Waals surface area contributed by atoms with Gasteiger partial charge in [-0.05, 0) is 31.9 Å². The van der Waals surface area contributed by atoms with Gasteiger partial charge in [-0.15, -0.1) is 21.5 Å². The van der Waals surface area contributed by atoms with E-state index in [0.717, 1.165) is 22.2 Å². The van der Waals surface area contributed by atoms with E-state index >= 15 is 0 Å². The standard InChI is InChI=1S/C23H22N6O3S2/c1-5-16(20(30)26-21-14(11-24)12(3)18(34-21)22(31)32-6-2)33-23-25-19-17(27-28-23)13-9-7-8-10-15(13)29(19)4/h7-10,16H,5-6H2,1-4H3,(H,26,30). The van der Waals surface area contributed by atoms with Crippen LogP contribution in [0.15, 0.2) is 29.4 Å². The summed E-state index contributed by atoms with van der Waals surface area (Å²) in [6.07, 6.45) is 0.504. The smallest absolute Gasteiger partial charge is 0.348 e. The first-order valence-electron chi connectivity index (χ1n) is 10.7. The number of hydrogen-bond acceptors (Lipinski definition) is 9. The third-order valence-electron chi connectivity index (χ3n) is 5.35. The van der Waals surface area contributed by atoms with Gasteiger partial charge in [0.05, 0.1) is 22.9 Å². The summed E-state index contributed by atoms with van der Waals surface area (Å²) in [6, 6.07) is 9.94. The second kappa shape index (κ2) is 9.79. The molecule has 0 bridgehead atoms. The van der Waals surface area contributed by atoms with Gasteiger partial charge in [0.15, 0.2) is 5.65 Å². The van der Waals surface area contributed by atoms with Crippen LogP contribution < -0.4 is 5.32 Å². The Kier molecular flexibility index (Phi) is 6.81. The molecular weight excluding hydrogens is 472 g/mol. The van der Waals surface area contributed by atoms with Crippen molar-refractivity contribution in [2.75, 3.05) is 11.9 Å². The van der Waals surface area contributed by atoms with Gasteiger partial charge in [-0.2, -0.15) is 5.26 Å². The van der Waals surface area contributed by atoms with Gasteiger partial charge in [-0.25, -0.2) is 9.78 Å². The molecule has 9 nitrogen and oxygen atoms in total. The van der Waals surface area contributed by atoms with Crippen molar-refractivity contribution in [2.24, 2.45) is 7.05 Å². The molecule has 0 aliphatic rings. The first kappa shape index (κ1) is 23.7. The molecule has 1 amide bonds. The van der Waals surface area contributed by atoms with Crippen molar-refractivity contribution in [3.8, 4) is 6.07 Å². The summed E-state index contributed by atoms with van der Waals surface area (Å²) in [5.74, 6) is -0.812. The average Bonchev–Trinajstić information content (AvgIpc) is 3.31. The maximum absolute atomic E-state index is 13.1. The van der Waals surface area contributed by atoms with Crippen LogP contribution in [-0.2, 0) is 16.6 Å². The molecule has 0 aliphatic heterocycles. The van der Waals surface area contributed by atoms with E-state index in [1.165, 1.54) is 11.8 Å². The summed E-state index contributed by atoms with van der Waals surface area (Å²) in [4.78, 5) is 30.2. The zero-order valence-corrected chi connectivity index (χ0v) is 20.7. The molecule has 1 aromatic carbocycles. The highest BCUT2D eigenvalue weighted by Gasteiger charge is 2.26. The molecule has 0 aliphatic carbocycles. The molecule has 1 N–H and O–H groups in total. The van der Waals surface area contributed by atoms with E-state index < -0.39 is 11.2 Å². The largest absolute Gasteiger partial charge is 0.462 e. The predicted octanol–water partition coefficient (Wildman–Crippen LogP) is 4.44. The summed E-state index contributed by atoms with van der Waals surface area (Å²) < 4.78 is 7.01. The van der Waals surface area contributed by atoms with E-state index in [0.29, 0.717) is 38.2 Å². The minimum Gasteiger partial charge on any atom is -0.462 e. The van der Waals surface area contributed by atoms with Crippen LogP contribution in [-0.4, -0.2) is 43.5 Å². The molecule has 1 atom stereocenters. The number of thiophene rings is 1. The number of ether oxygens (including phenoxy) is 1. The second-order valence-corrected chi connectivity index (χ2v) is 9.63. The second-order valence-electron chi connectivity index (χ2n) is 7.44. The number of hydrogen-bond donors (Lipinski definition) is 1. The number of nitrogens with one attached hydrogen (secondary N) is 1. The fourth-order valence-electron chi connectivity index (χ4n) is 3.61. The van der Waals surface area contributed by atoms with E-state index in [-0.39, 0.29) is 18.1 Å². The van der Waals surface area contributed by atoms with Gasteiger partial charge >= 0.3 is 5.97 Å². The normalized spacial score (nSPS) is 12.0. The number of fused-ring (bicyclic) bond motifs is 3. The number of anilines is 1. The Morgan fingerprint density at radius 3 is 2.76 bits per heavy atom. The Bertz CT molecular complexity index is 1450. The first-order valence-corrected chi connectivity index (χ1v) is 12.3. The fourth-order valence-corrected chi connectivity index (χ4v) is 5.48. The minimum atomic E-state index is -0.520. The summed E-state index contributed by atoms with van der Waals surface area (Å²) in [5.41, 5.74) is 3.15. The Labute approximate surface area is 204 Å². The monoisotopic (exact) mass is 494 g/mol. The topological polar surface area (TPSA) is 123 Å². The number of amides is 1. The van der Waals surface area contributed by atoms with Crippen LogP contribution in [0, 0.1) is 18.3 Å². The van der Waals surface area contributed by atoms with E-state index in [2.05, 4.69) is 26.6 Å². The van der Waals surface area contributed by atoms with Crippen molar-refractivity contribution in [3.63, 3.8) is 0 Å². The molecule has 174 valence electrons. The van der Waals surface area contributed by atoms with Crippen LogP contribution in [0.4, 0.5) is 5.00 Å². The summed E-state index contributed by atoms with van der Waals surface area (Å²) >= 11 is 2.25. The Morgan fingerprint density at radius 1 is 1.29 bits per heavy atom. The van der Waals surface area contributed by atoms with Crippen molar-refractivity contribution < 1.29 is 14.3 Å². The van der Waals surface area contributed by atoms with E-state index in [9.17, 15) is 14.9 Å². The number of aryl methyl sites for hydroxylation is 1. The van der Waals surface area contributed by atoms with Gasteiger partial charge in [-0.1, -0.05) is 36.9 Å². The lowest BCUT2D eigenvalue weighted by Gasteiger charge is -2.13.